The van der Waals surface area contributed by atoms with E-state index in [9.17, 15) is 13.2 Å². The van der Waals surface area contributed by atoms with E-state index in [1.807, 2.05) is 24.3 Å². The summed E-state index contributed by atoms with van der Waals surface area (Å²) in [5, 5.41) is 0. The number of carbonyl (C=O) groups excluding carboxylic acids is 1. The van der Waals surface area contributed by atoms with Crippen molar-refractivity contribution in [3.05, 3.63) is 59.7 Å². The average molecular weight is 487 g/mol. The Labute approximate surface area is 204 Å². The molecule has 34 heavy (non-hydrogen) atoms. The van der Waals surface area contributed by atoms with Gasteiger partial charge in [0.2, 0.25) is 0 Å². The number of anilines is 1. The Bertz CT molecular complexity index is 1020. The smallest absolute Gasteiger partial charge is 0.254 e. The molecule has 1 atom stereocenters. The topological polar surface area (TPSA) is 66.9 Å². The monoisotopic (exact) mass is 486 g/mol. The van der Waals surface area contributed by atoms with Crippen molar-refractivity contribution in [3.63, 3.8) is 0 Å². The van der Waals surface area contributed by atoms with Crippen molar-refractivity contribution < 1.29 is 17.9 Å². The molecule has 2 aromatic carbocycles. The molecule has 0 bridgehead atoms. The predicted molar refractivity (Wildman–Crippen MR) is 138 cm³/mol. The summed E-state index contributed by atoms with van der Waals surface area (Å²) < 4.78 is 30.1. The van der Waals surface area contributed by atoms with Gasteiger partial charge in [0.25, 0.3) is 5.91 Å². The van der Waals surface area contributed by atoms with Crippen LogP contribution >= 0.6 is 0 Å². The first-order valence-corrected chi connectivity index (χ1v) is 14.3. The molecule has 0 aromatic heterocycles. The van der Waals surface area contributed by atoms with E-state index >= 15 is 0 Å². The molecular formula is C27H38N2O4S. The number of carbonyl (C=O) groups is 1. The summed E-state index contributed by atoms with van der Waals surface area (Å²) in [6, 6.07) is 15.1. The highest BCUT2D eigenvalue weighted by Gasteiger charge is 2.35. The zero-order chi connectivity index (χ0) is 24.6. The Hall–Kier alpha value is -2.54. The molecule has 0 spiro atoms. The van der Waals surface area contributed by atoms with Crippen LogP contribution in [0.5, 0.6) is 5.75 Å². The van der Waals surface area contributed by atoms with Crippen molar-refractivity contribution >= 4 is 21.4 Å². The maximum absolute atomic E-state index is 13.5. The Morgan fingerprint density at radius 1 is 0.971 bits per heavy atom. The molecule has 1 aliphatic rings. The summed E-state index contributed by atoms with van der Waals surface area (Å²) in [4.78, 5) is 17.5. The molecule has 1 unspecified atom stereocenters. The lowest BCUT2D eigenvalue weighted by molar-refractivity contribution is 0.0681. The van der Waals surface area contributed by atoms with Gasteiger partial charge >= 0.3 is 0 Å². The van der Waals surface area contributed by atoms with E-state index in [1.54, 1.807) is 17.0 Å². The van der Waals surface area contributed by atoms with E-state index in [0.29, 0.717) is 25.1 Å². The van der Waals surface area contributed by atoms with Crippen LogP contribution in [0.3, 0.4) is 0 Å². The number of ether oxygens (including phenoxy) is 1. The highest BCUT2D eigenvalue weighted by Crippen LogP contribution is 2.24. The SMILES string of the molecule is CCCCCOc1ccc(C(=O)N(Cc2ccc(N(CC)CC)cc2)C2CCS(=O)(=O)C2)cc1. The normalized spacial score (nSPS) is 16.9. The zero-order valence-corrected chi connectivity index (χ0v) is 21.5. The number of nitrogens with zero attached hydrogens (tertiary/aromatic N) is 2. The van der Waals surface area contributed by atoms with E-state index in [0.717, 1.165) is 49.4 Å². The number of amides is 1. The molecule has 2 aromatic rings. The average Bonchev–Trinajstić information content (AvgIpc) is 3.21. The van der Waals surface area contributed by atoms with Gasteiger partial charge < -0.3 is 14.5 Å². The molecule has 0 N–H and O–H groups in total. The number of rotatable bonds is 12. The first-order valence-electron chi connectivity index (χ1n) is 12.4. The summed E-state index contributed by atoms with van der Waals surface area (Å²) in [6.07, 6.45) is 3.76. The van der Waals surface area contributed by atoms with Gasteiger partial charge in [0.05, 0.1) is 18.1 Å². The van der Waals surface area contributed by atoms with Crippen LogP contribution in [0.2, 0.25) is 0 Å². The fourth-order valence-electron chi connectivity index (χ4n) is 4.39. The second-order valence-corrected chi connectivity index (χ2v) is 11.1. The first-order chi connectivity index (χ1) is 16.4. The second-order valence-electron chi connectivity index (χ2n) is 8.91. The lowest BCUT2D eigenvalue weighted by Crippen LogP contribution is -2.40. The van der Waals surface area contributed by atoms with Gasteiger partial charge in [-0.25, -0.2) is 8.42 Å². The van der Waals surface area contributed by atoms with Crippen molar-refractivity contribution in [1.29, 1.82) is 0 Å². The van der Waals surface area contributed by atoms with E-state index in [-0.39, 0.29) is 23.5 Å². The van der Waals surface area contributed by atoms with Crippen molar-refractivity contribution in [2.24, 2.45) is 0 Å². The third-order valence-corrected chi connectivity index (χ3v) is 8.20. The Morgan fingerprint density at radius 3 is 2.21 bits per heavy atom. The quantitative estimate of drug-likeness (QED) is 0.398. The van der Waals surface area contributed by atoms with Gasteiger partial charge in [0, 0.05) is 36.9 Å². The van der Waals surface area contributed by atoms with Crippen molar-refractivity contribution in [3.8, 4) is 5.75 Å². The molecule has 1 aliphatic heterocycles. The van der Waals surface area contributed by atoms with E-state index in [2.05, 4.69) is 37.8 Å². The third kappa shape index (κ3) is 6.98. The van der Waals surface area contributed by atoms with Crippen molar-refractivity contribution in [2.45, 2.75) is 59.0 Å². The van der Waals surface area contributed by atoms with Crippen LogP contribution in [0.1, 0.15) is 62.4 Å². The fourth-order valence-corrected chi connectivity index (χ4v) is 6.12. The standard InChI is InChI=1S/C27H38N2O4S/c1-4-7-8-18-33-26-15-11-23(12-16-26)27(30)29(25-17-19-34(31,32)21-25)20-22-9-13-24(14-10-22)28(5-2)6-3/h9-16,25H,4-8,17-21H2,1-3H3. The Balaban J connectivity index is 1.76. The lowest BCUT2D eigenvalue weighted by atomic mass is 10.1. The molecule has 0 radical (unpaired) electrons. The third-order valence-electron chi connectivity index (χ3n) is 6.45. The molecule has 0 aliphatic carbocycles. The Morgan fingerprint density at radius 2 is 1.65 bits per heavy atom. The molecule has 186 valence electrons. The molecule has 0 saturated carbocycles. The number of unbranched alkanes of at least 4 members (excludes halogenated alkanes) is 2. The van der Waals surface area contributed by atoms with Crippen LogP contribution in [0.4, 0.5) is 5.69 Å². The lowest BCUT2D eigenvalue weighted by Gasteiger charge is -2.29. The van der Waals surface area contributed by atoms with Crippen LogP contribution in [0, 0.1) is 0 Å². The summed E-state index contributed by atoms with van der Waals surface area (Å²) in [6.45, 7) is 9.31. The highest BCUT2D eigenvalue weighted by molar-refractivity contribution is 7.91. The van der Waals surface area contributed by atoms with Crippen molar-refractivity contribution in [2.75, 3.05) is 36.1 Å². The van der Waals surface area contributed by atoms with E-state index in [4.69, 9.17) is 4.74 Å². The predicted octanol–water partition coefficient (Wildman–Crippen LogP) is 4.93. The fraction of sp³-hybridized carbons (Fsp3) is 0.519. The number of benzene rings is 2. The van der Waals surface area contributed by atoms with E-state index < -0.39 is 9.84 Å². The maximum atomic E-state index is 13.5. The van der Waals surface area contributed by atoms with Crippen molar-refractivity contribution in [1.82, 2.24) is 4.90 Å². The van der Waals surface area contributed by atoms with Gasteiger partial charge in [-0.05, 0) is 68.7 Å². The Kier molecular flexibility index (Phi) is 9.39. The minimum atomic E-state index is -3.12. The summed E-state index contributed by atoms with van der Waals surface area (Å²) >= 11 is 0. The largest absolute Gasteiger partial charge is 0.494 e. The number of hydrogen-bond acceptors (Lipinski definition) is 5. The van der Waals surface area contributed by atoms with E-state index in [1.165, 1.54) is 0 Å². The number of hydrogen-bond donors (Lipinski definition) is 0. The van der Waals surface area contributed by atoms with Gasteiger partial charge in [-0.2, -0.15) is 0 Å². The van der Waals surface area contributed by atoms with Gasteiger partial charge in [0.15, 0.2) is 9.84 Å². The second kappa shape index (κ2) is 12.2. The number of sulfone groups is 1. The zero-order valence-electron chi connectivity index (χ0n) is 20.7. The maximum Gasteiger partial charge on any atom is 0.254 e. The van der Waals surface area contributed by atoms with Gasteiger partial charge in [-0.3, -0.25) is 4.79 Å². The molecule has 7 heteroatoms. The van der Waals surface area contributed by atoms with Crippen LogP contribution in [-0.2, 0) is 16.4 Å². The minimum absolute atomic E-state index is 0.0227. The summed E-state index contributed by atoms with van der Waals surface area (Å²) in [5.74, 6) is 0.754. The summed E-state index contributed by atoms with van der Waals surface area (Å²) in [7, 11) is -3.12. The molecule has 1 amide bonds. The molecule has 1 heterocycles. The first kappa shape index (κ1) is 26.1. The molecule has 1 saturated heterocycles. The molecule has 6 nitrogen and oxygen atoms in total. The van der Waals surface area contributed by atoms with Gasteiger partial charge in [-0.1, -0.05) is 31.9 Å². The van der Waals surface area contributed by atoms with Gasteiger partial charge in [0.1, 0.15) is 5.75 Å². The van der Waals surface area contributed by atoms with Crippen LogP contribution in [0.25, 0.3) is 0 Å². The van der Waals surface area contributed by atoms with Crippen LogP contribution in [-0.4, -0.2) is 56.5 Å². The summed E-state index contributed by atoms with van der Waals surface area (Å²) in [5.41, 5.74) is 2.68. The van der Waals surface area contributed by atoms with Crippen LogP contribution < -0.4 is 9.64 Å². The molecule has 3 rings (SSSR count). The van der Waals surface area contributed by atoms with Gasteiger partial charge in [-0.15, -0.1) is 0 Å². The highest BCUT2D eigenvalue weighted by atomic mass is 32.2. The minimum Gasteiger partial charge on any atom is -0.494 e. The molecule has 1 fully saturated rings. The van der Waals surface area contributed by atoms with Crippen LogP contribution in [0.15, 0.2) is 48.5 Å². The molecular weight excluding hydrogens is 448 g/mol.